The highest BCUT2D eigenvalue weighted by molar-refractivity contribution is 6.04. The minimum Gasteiger partial charge on any atom is -0.506 e. The lowest BCUT2D eigenvalue weighted by Gasteiger charge is -2.27. The number of aromatic hydroxyl groups is 2. The second kappa shape index (κ2) is 21.3. The van der Waals surface area contributed by atoms with E-state index in [0.29, 0.717) is 23.1 Å². The van der Waals surface area contributed by atoms with E-state index in [4.69, 9.17) is 4.74 Å². The fraction of sp³-hybridized carbons (Fsp3) is 0.457. The molecule has 294 valence electrons. The van der Waals surface area contributed by atoms with Gasteiger partial charge in [0.25, 0.3) is 5.91 Å². The average molecular weight is 739 g/mol. The summed E-state index contributed by atoms with van der Waals surface area (Å²) in [7, 11) is 0. The Labute approximate surface area is 325 Å². The summed E-state index contributed by atoms with van der Waals surface area (Å²) in [5.74, 6) is 2.19. The zero-order valence-electron chi connectivity index (χ0n) is 34.6. The van der Waals surface area contributed by atoms with E-state index in [1.54, 1.807) is 35.4 Å². The van der Waals surface area contributed by atoms with Crippen molar-refractivity contribution in [1.29, 1.82) is 0 Å². The molecular weight excluding hydrogens is 673 g/mol. The van der Waals surface area contributed by atoms with Crippen molar-refractivity contribution in [3.8, 4) is 23.0 Å². The normalized spacial score (nSPS) is 13.0. The van der Waals surface area contributed by atoms with E-state index in [1.165, 1.54) is 66.3 Å². The van der Waals surface area contributed by atoms with Crippen molar-refractivity contribution in [3.63, 3.8) is 0 Å². The number of phenolic OH excluding ortho intramolecular Hbond substituents is 2. The number of hydrogen-bond donors (Lipinski definition) is 3. The minimum absolute atomic E-state index is 0.186. The van der Waals surface area contributed by atoms with Gasteiger partial charge in [-0.2, -0.15) is 0 Å². The number of rotatable bonds is 19. The van der Waals surface area contributed by atoms with Crippen LogP contribution >= 0.6 is 0 Å². The predicted octanol–water partition coefficient (Wildman–Crippen LogP) is 12.0. The summed E-state index contributed by atoms with van der Waals surface area (Å²) in [6, 6.07) is 16.0. The maximum atomic E-state index is 13.1. The first-order valence-corrected chi connectivity index (χ1v) is 19.9. The number of phenols is 2. The SMILES string of the molecule is C=CN(/C=C\C(C)CC)c1c(O)cc(NC(=O)c2ccc(Oc3ccc4c(c3)c(C)c(C)n4CC(C)CN(CCC)CCC(C)CC)cc2)cc1O.CC. The van der Waals surface area contributed by atoms with Gasteiger partial charge < -0.3 is 34.6 Å². The van der Waals surface area contributed by atoms with Crippen LogP contribution in [0.25, 0.3) is 10.9 Å². The van der Waals surface area contributed by atoms with Crippen LogP contribution in [0.5, 0.6) is 23.0 Å². The molecule has 1 amide bonds. The van der Waals surface area contributed by atoms with Crippen LogP contribution in [0, 0.1) is 31.6 Å². The average Bonchev–Trinajstić information content (AvgIpc) is 3.39. The van der Waals surface area contributed by atoms with Gasteiger partial charge in [0.2, 0.25) is 0 Å². The molecule has 3 N–H and O–H groups in total. The number of allylic oxidation sites excluding steroid dienone is 1. The van der Waals surface area contributed by atoms with E-state index in [-0.39, 0.29) is 28.8 Å². The van der Waals surface area contributed by atoms with Crippen LogP contribution in [0.1, 0.15) is 103 Å². The molecule has 0 radical (unpaired) electrons. The lowest BCUT2D eigenvalue weighted by Crippen LogP contribution is -2.32. The molecule has 0 spiro atoms. The lowest BCUT2D eigenvalue weighted by molar-refractivity contribution is 0.102. The van der Waals surface area contributed by atoms with Crippen molar-refractivity contribution >= 4 is 28.2 Å². The summed E-state index contributed by atoms with van der Waals surface area (Å²) in [5, 5.41) is 25.4. The van der Waals surface area contributed by atoms with E-state index in [9.17, 15) is 15.0 Å². The van der Waals surface area contributed by atoms with Gasteiger partial charge in [-0.1, -0.05) is 80.9 Å². The fourth-order valence-electron chi connectivity index (χ4n) is 6.51. The number of carbonyl (C=O) groups excluding carboxylic acids is 1. The van der Waals surface area contributed by atoms with Crippen molar-refractivity contribution in [3.05, 3.63) is 96.5 Å². The van der Waals surface area contributed by atoms with E-state index < -0.39 is 0 Å². The Hall–Kier alpha value is -4.69. The molecule has 1 heterocycles. The maximum Gasteiger partial charge on any atom is 0.255 e. The Kier molecular flexibility index (Phi) is 17.2. The summed E-state index contributed by atoms with van der Waals surface area (Å²) in [5.41, 5.74) is 4.61. The van der Waals surface area contributed by atoms with Crippen LogP contribution < -0.4 is 15.0 Å². The Bertz CT molecular complexity index is 1800. The molecule has 0 saturated carbocycles. The number of nitrogens with zero attached hydrogens (tertiary/aromatic N) is 3. The molecule has 0 saturated heterocycles. The third kappa shape index (κ3) is 11.7. The van der Waals surface area contributed by atoms with Gasteiger partial charge in [-0.15, -0.1) is 0 Å². The summed E-state index contributed by atoms with van der Waals surface area (Å²) in [4.78, 5) is 17.3. The van der Waals surface area contributed by atoms with E-state index in [2.05, 4.69) is 88.9 Å². The molecule has 0 bridgehead atoms. The molecule has 8 nitrogen and oxygen atoms in total. The molecule has 8 heteroatoms. The standard InChI is InChI=1S/C44H60N4O4.C2H6/c1-10-22-46(23-20-30(5)11-2)28-32(7)29-48-34(9)33(8)39-27-38(18-19-40(39)48)52-37-16-14-35(15-17-37)44(51)45-36-25-41(49)43(42(50)26-36)47(13-4)24-21-31(6)12-3;1-2/h13-19,21,24-27,30-32,49-50H,4,10-12,20,22-23,28-29H2,1-3,5-9H3,(H,45,51);1-2H3/b24-21-;. The number of fused-ring (bicyclic) bond motifs is 1. The number of aryl methyl sites for hydroxylation is 1. The van der Waals surface area contributed by atoms with Gasteiger partial charge in [-0.05, 0) is 106 Å². The van der Waals surface area contributed by atoms with Crippen molar-refractivity contribution < 1.29 is 19.7 Å². The molecule has 0 aliphatic rings. The topological polar surface area (TPSA) is 90.2 Å². The third-order valence-electron chi connectivity index (χ3n) is 10.2. The first-order valence-electron chi connectivity index (χ1n) is 19.9. The number of hydrogen-bond acceptors (Lipinski definition) is 6. The zero-order chi connectivity index (χ0) is 39.9. The molecule has 3 unspecified atom stereocenters. The van der Waals surface area contributed by atoms with Gasteiger partial charge in [-0.25, -0.2) is 0 Å². The van der Waals surface area contributed by atoms with Crippen molar-refractivity contribution in [2.24, 2.45) is 17.8 Å². The second-order valence-electron chi connectivity index (χ2n) is 14.5. The van der Waals surface area contributed by atoms with Crippen LogP contribution in [0.4, 0.5) is 11.4 Å². The van der Waals surface area contributed by atoms with E-state index in [0.717, 1.165) is 37.7 Å². The molecule has 3 atom stereocenters. The molecular formula is C46H66N4O4. The summed E-state index contributed by atoms with van der Waals surface area (Å²) in [6.07, 6.45) is 9.86. The molecule has 4 aromatic rings. The van der Waals surface area contributed by atoms with Gasteiger partial charge in [0.05, 0.1) is 0 Å². The first kappa shape index (κ1) is 43.7. The maximum absolute atomic E-state index is 13.1. The number of anilines is 2. The molecule has 0 fully saturated rings. The molecule has 54 heavy (non-hydrogen) atoms. The van der Waals surface area contributed by atoms with E-state index in [1.807, 2.05) is 26.0 Å². The first-order chi connectivity index (χ1) is 25.9. The van der Waals surface area contributed by atoms with Gasteiger partial charge in [0.1, 0.15) is 28.7 Å². The predicted molar refractivity (Wildman–Crippen MR) is 228 cm³/mol. The van der Waals surface area contributed by atoms with Gasteiger partial charge in [0.15, 0.2) is 0 Å². The number of aromatic nitrogens is 1. The van der Waals surface area contributed by atoms with Crippen LogP contribution in [0.3, 0.4) is 0 Å². The minimum atomic E-state index is -0.383. The van der Waals surface area contributed by atoms with Gasteiger partial charge in [-0.3, -0.25) is 4.79 Å². The number of amides is 1. The molecule has 4 rings (SSSR count). The number of ether oxygens (including phenoxy) is 1. The molecule has 0 aliphatic carbocycles. The Morgan fingerprint density at radius 3 is 2.15 bits per heavy atom. The van der Waals surface area contributed by atoms with Crippen molar-refractivity contribution in [1.82, 2.24) is 9.47 Å². The van der Waals surface area contributed by atoms with Crippen LogP contribution in [0.2, 0.25) is 0 Å². The number of carbonyl (C=O) groups is 1. The quantitative estimate of drug-likeness (QED) is 0.0887. The summed E-state index contributed by atoms with van der Waals surface area (Å²) in [6.45, 7) is 30.0. The Morgan fingerprint density at radius 1 is 0.907 bits per heavy atom. The zero-order valence-corrected chi connectivity index (χ0v) is 34.6. The van der Waals surface area contributed by atoms with Crippen molar-refractivity contribution in [2.45, 2.75) is 101 Å². The molecule has 1 aromatic heterocycles. The highest BCUT2D eigenvalue weighted by Crippen LogP contribution is 2.40. The largest absolute Gasteiger partial charge is 0.506 e. The highest BCUT2D eigenvalue weighted by atomic mass is 16.5. The highest BCUT2D eigenvalue weighted by Gasteiger charge is 2.18. The van der Waals surface area contributed by atoms with Crippen molar-refractivity contribution in [2.75, 3.05) is 29.9 Å². The Balaban J connectivity index is 0.00000385. The summed E-state index contributed by atoms with van der Waals surface area (Å²) >= 11 is 0. The lowest BCUT2D eigenvalue weighted by atomic mass is 10.0. The number of nitrogens with one attached hydrogen (secondary N) is 1. The van der Waals surface area contributed by atoms with Gasteiger partial charge >= 0.3 is 0 Å². The van der Waals surface area contributed by atoms with Crippen LogP contribution in [-0.4, -0.2) is 45.2 Å². The van der Waals surface area contributed by atoms with Crippen LogP contribution in [0.15, 0.2) is 79.7 Å². The molecule has 0 aliphatic heterocycles. The monoisotopic (exact) mass is 739 g/mol. The second-order valence-corrected chi connectivity index (χ2v) is 14.5. The number of benzene rings is 3. The van der Waals surface area contributed by atoms with Crippen LogP contribution in [-0.2, 0) is 6.54 Å². The van der Waals surface area contributed by atoms with E-state index >= 15 is 0 Å². The fourth-order valence-corrected chi connectivity index (χ4v) is 6.51. The summed E-state index contributed by atoms with van der Waals surface area (Å²) < 4.78 is 8.70. The smallest absolute Gasteiger partial charge is 0.255 e. The van der Waals surface area contributed by atoms with Gasteiger partial charge in [0, 0.05) is 65.5 Å². The third-order valence-corrected chi connectivity index (χ3v) is 10.2. The molecule has 3 aromatic carbocycles. The Morgan fingerprint density at radius 2 is 1.56 bits per heavy atom.